The van der Waals surface area contributed by atoms with E-state index in [4.69, 9.17) is 14.7 Å². The topological polar surface area (TPSA) is 113 Å². The third-order valence-electron chi connectivity index (χ3n) is 5.41. The maximum absolute atomic E-state index is 13.3. The molecular formula is C25H19N3O5. The Morgan fingerprint density at radius 2 is 1.61 bits per heavy atom. The van der Waals surface area contributed by atoms with Crippen molar-refractivity contribution in [2.45, 2.75) is 6.04 Å². The monoisotopic (exact) mass is 441 g/mol. The molecule has 0 saturated carbocycles. The number of carbonyl (C=O) groups excluding carboxylic acids is 2. The standard InChI is InChI=1S/C25H19N3O5/c1-32-18-4-3-5-19(33-2)20(18)23(29)21-22(16-10-12-27-13-11-16)28(25(31)24(21)30)17-8-6-15(14-26)7-9-17/h3-13,22,29H,1-2H3/b23-21+. The molecule has 1 saturated heterocycles. The van der Waals surface area contributed by atoms with Gasteiger partial charge in [-0.25, -0.2) is 0 Å². The molecule has 2 aromatic carbocycles. The van der Waals surface area contributed by atoms with E-state index in [1.807, 2.05) is 6.07 Å². The van der Waals surface area contributed by atoms with E-state index in [-0.39, 0.29) is 22.6 Å². The SMILES string of the molecule is COc1cccc(OC)c1/C(O)=C1\C(=O)C(=O)N(c2ccc(C#N)cc2)C1c1ccncc1. The molecule has 1 aliphatic rings. The number of aliphatic hydroxyl groups is 1. The molecule has 0 aliphatic carbocycles. The first-order chi connectivity index (χ1) is 16.0. The van der Waals surface area contributed by atoms with Crippen LogP contribution in [-0.4, -0.2) is 36.0 Å². The summed E-state index contributed by atoms with van der Waals surface area (Å²) in [6.07, 6.45) is 3.08. The van der Waals surface area contributed by atoms with Crippen LogP contribution in [0.4, 0.5) is 5.69 Å². The second-order valence-corrected chi connectivity index (χ2v) is 7.15. The number of nitriles is 1. The van der Waals surface area contributed by atoms with Gasteiger partial charge < -0.3 is 14.6 Å². The number of carbonyl (C=O) groups is 2. The number of nitrogens with zero attached hydrogens (tertiary/aromatic N) is 3. The van der Waals surface area contributed by atoms with Gasteiger partial charge in [-0.05, 0) is 54.1 Å². The summed E-state index contributed by atoms with van der Waals surface area (Å²) in [4.78, 5) is 31.8. The Bertz CT molecular complexity index is 1270. The molecule has 4 rings (SSSR count). The van der Waals surface area contributed by atoms with Crippen molar-refractivity contribution in [3.63, 3.8) is 0 Å². The van der Waals surface area contributed by atoms with Gasteiger partial charge in [0.25, 0.3) is 11.7 Å². The number of hydrogen-bond donors (Lipinski definition) is 1. The van der Waals surface area contributed by atoms with Gasteiger partial charge >= 0.3 is 0 Å². The van der Waals surface area contributed by atoms with Crippen LogP contribution < -0.4 is 14.4 Å². The molecule has 1 atom stereocenters. The number of Topliss-reactive ketones (excluding diaryl/α,β-unsaturated/α-hetero) is 1. The molecule has 33 heavy (non-hydrogen) atoms. The first kappa shape index (κ1) is 21.6. The maximum atomic E-state index is 13.3. The van der Waals surface area contributed by atoms with E-state index < -0.39 is 23.5 Å². The lowest BCUT2D eigenvalue weighted by molar-refractivity contribution is -0.132. The molecule has 0 spiro atoms. The van der Waals surface area contributed by atoms with Gasteiger partial charge in [0.05, 0.1) is 37.5 Å². The Balaban J connectivity index is 1.99. The lowest BCUT2D eigenvalue weighted by Gasteiger charge is -2.25. The van der Waals surface area contributed by atoms with E-state index in [1.54, 1.807) is 54.6 Å². The van der Waals surface area contributed by atoms with Gasteiger partial charge in [-0.1, -0.05) is 6.07 Å². The molecule has 0 bridgehead atoms. The fourth-order valence-electron chi connectivity index (χ4n) is 3.88. The molecule has 164 valence electrons. The van der Waals surface area contributed by atoms with Crippen molar-refractivity contribution in [2.75, 3.05) is 19.1 Å². The van der Waals surface area contributed by atoms with Crippen molar-refractivity contribution in [3.8, 4) is 17.6 Å². The van der Waals surface area contributed by atoms with E-state index in [0.29, 0.717) is 16.8 Å². The smallest absolute Gasteiger partial charge is 0.300 e. The molecular weight excluding hydrogens is 422 g/mol. The van der Waals surface area contributed by atoms with Crippen LogP contribution in [0.25, 0.3) is 5.76 Å². The van der Waals surface area contributed by atoms with E-state index in [0.717, 1.165) is 0 Å². The molecule has 3 aromatic rings. The normalized spacial score (nSPS) is 17.0. The summed E-state index contributed by atoms with van der Waals surface area (Å²) in [5.74, 6) is -1.51. The number of pyridine rings is 1. The number of aliphatic hydroxyl groups excluding tert-OH is 1. The van der Waals surface area contributed by atoms with Gasteiger partial charge in [0, 0.05) is 18.1 Å². The second-order valence-electron chi connectivity index (χ2n) is 7.15. The first-order valence-corrected chi connectivity index (χ1v) is 9.94. The Morgan fingerprint density at radius 3 is 2.15 bits per heavy atom. The molecule has 1 fully saturated rings. The maximum Gasteiger partial charge on any atom is 0.300 e. The van der Waals surface area contributed by atoms with Crippen molar-refractivity contribution in [3.05, 3.63) is 89.3 Å². The van der Waals surface area contributed by atoms with Crippen LogP contribution in [0.1, 0.15) is 22.7 Å². The minimum absolute atomic E-state index is 0.113. The zero-order chi connectivity index (χ0) is 23.5. The molecule has 1 aliphatic heterocycles. The lowest BCUT2D eigenvalue weighted by atomic mass is 9.95. The number of aromatic nitrogens is 1. The molecule has 1 N–H and O–H groups in total. The Kier molecular flexibility index (Phi) is 5.79. The van der Waals surface area contributed by atoms with E-state index in [9.17, 15) is 14.7 Å². The van der Waals surface area contributed by atoms with Gasteiger partial charge in [0.15, 0.2) is 0 Å². The first-order valence-electron chi connectivity index (χ1n) is 9.94. The molecule has 1 aromatic heterocycles. The average Bonchev–Trinajstić information content (AvgIpc) is 3.13. The predicted molar refractivity (Wildman–Crippen MR) is 120 cm³/mol. The van der Waals surface area contributed by atoms with Crippen LogP contribution >= 0.6 is 0 Å². The van der Waals surface area contributed by atoms with Gasteiger partial charge in [0.1, 0.15) is 22.8 Å². The molecule has 8 nitrogen and oxygen atoms in total. The number of methoxy groups -OCH3 is 2. The second kappa shape index (κ2) is 8.85. The zero-order valence-corrected chi connectivity index (χ0v) is 17.9. The minimum Gasteiger partial charge on any atom is -0.506 e. The van der Waals surface area contributed by atoms with Crippen molar-refractivity contribution in [1.82, 2.24) is 4.98 Å². The number of anilines is 1. The number of ketones is 1. The molecule has 1 amide bonds. The van der Waals surface area contributed by atoms with E-state index in [2.05, 4.69) is 4.98 Å². The van der Waals surface area contributed by atoms with Crippen molar-refractivity contribution in [2.24, 2.45) is 0 Å². The summed E-state index contributed by atoms with van der Waals surface area (Å²) in [6, 6.07) is 15.6. The Morgan fingerprint density at radius 1 is 1.00 bits per heavy atom. The summed E-state index contributed by atoms with van der Waals surface area (Å²) in [5.41, 5.74) is 1.44. The van der Waals surface area contributed by atoms with Crippen molar-refractivity contribution in [1.29, 1.82) is 5.26 Å². The molecule has 2 heterocycles. The van der Waals surface area contributed by atoms with Crippen LogP contribution in [0.15, 0.2) is 72.6 Å². The van der Waals surface area contributed by atoms with Crippen LogP contribution in [0.2, 0.25) is 0 Å². The quantitative estimate of drug-likeness (QED) is 0.366. The zero-order valence-electron chi connectivity index (χ0n) is 17.9. The summed E-state index contributed by atoms with van der Waals surface area (Å²) < 4.78 is 10.8. The summed E-state index contributed by atoms with van der Waals surface area (Å²) in [6.45, 7) is 0. The van der Waals surface area contributed by atoms with Gasteiger partial charge in [-0.2, -0.15) is 5.26 Å². The molecule has 1 unspecified atom stereocenters. The van der Waals surface area contributed by atoms with Crippen molar-refractivity contribution < 1.29 is 24.2 Å². The molecule has 0 radical (unpaired) electrons. The summed E-state index contributed by atoms with van der Waals surface area (Å²) >= 11 is 0. The minimum atomic E-state index is -0.935. The predicted octanol–water partition coefficient (Wildman–Crippen LogP) is 3.60. The number of ether oxygens (including phenoxy) is 2. The number of rotatable bonds is 5. The largest absolute Gasteiger partial charge is 0.506 e. The van der Waals surface area contributed by atoms with Gasteiger partial charge in [0.2, 0.25) is 0 Å². The number of hydrogen-bond acceptors (Lipinski definition) is 7. The van der Waals surface area contributed by atoms with E-state index in [1.165, 1.54) is 31.5 Å². The Labute approximate surface area is 189 Å². The Hall–Kier alpha value is -4.64. The van der Waals surface area contributed by atoms with E-state index >= 15 is 0 Å². The van der Waals surface area contributed by atoms with Crippen molar-refractivity contribution >= 4 is 23.1 Å². The van der Waals surface area contributed by atoms with Gasteiger partial charge in [-0.3, -0.25) is 19.5 Å². The van der Waals surface area contributed by atoms with Crippen LogP contribution in [-0.2, 0) is 9.59 Å². The third kappa shape index (κ3) is 3.66. The molecule has 8 heteroatoms. The number of amides is 1. The summed E-state index contributed by atoms with van der Waals surface area (Å²) in [7, 11) is 2.86. The fourth-order valence-corrected chi connectivity index (χ4v) is 3.88. The highest BCUT2D eigenvalue weighted by Gasteiger charge is 2.47. The van der Waals surface area contributed by atoms with Crippen LogP contribution in [0.5, 0.6) is 11.5 Å². The highest BCUT2D eigenvalue weighted by Crippen LogP contribution is 2.44. The summed E-state index contributed by atoms with van der Waals surface area (Å²) in [5, 5.41) is 20.5. The number of benzene rings is 2. The van der Waals surface area contributed by atoms with Crippen LogP contribution in [0.3, 0.4) is 0 Å². The van der Waals surface area contributed by atoms with Gasteiger partial charge in [-0.15, -0.1) is 0 Å². The highest BCUT2D eigenvalue weighted by atomic mass is 16.5. The fraction of sp³-hybridized carbons (Fsp3) is 0.120. The van der Waals surface area contributed by atoms with Crippen LogP contribution in [0, 0.1) is 11.3 Å². The highest BCUT2D eigenvalue weighted by molar-refractivity contribution is 6.51. The average molecular weight is 441 g/mol. The lowest BCUT2D eigenvalue weighted by Crippen LogP contribution is -2.29. The third-order valence-corrected chi connectivity index (χ3v) is 5.41.